The van der Waals surface area contributed by atoms with E-state index in [4.69, 9.17) is 24.2 Å². The number of benzene rings is 3. The molecule has 4 heterocycles. The number of ether oxygens (including phenoxy) is 3. The molecule has 3 aromatic carbocycles. The molecular weight excluding hydrogens is 790 g/mol. The zero-order chi connectivity index (χ0) is 41.8. The summed E-state index contributed by atoms with van der Waals surface area (Å²) >= 11 is 0. The number of imidazole rings is 2. The van der Waals surface area contributed by atoms with Gasteiger partial charge in [0.2, 0.25) is 5.91 Å². The van der Waals surface area contributed by atoms with Gasteiger partial charge in [0.05, 0.1) is 55.3 Å². The summed E-state index contributed by atoms with van der Waals surface area (Å²) in [6.45, 7) is 6.83. The average Bonchev–Trinajstić information content (AvgIpc) is 4.10. The van der Waals surface area contributed by atoms with Gasteiger partial charge in [-0.3, -0.25) is 4.79 Å². The fraction of sp³-hybridized carbons (Fsp3) is 0.442. The number of methoxy groups -OCH3 is 3. The van der Waals surface area contributed by atoms with Gasteiger partial charge in [0.25, 0.3) is 0 Å². The van der Waals surface area contributed by atoms with Gasteiger partial charge in [-0.05, 0) is 91.1 Å². The summed E-state index contributed by atoms with van der Waals surface area (Å²) in [7, 11) is 4.06. The summed E-state index contributed by atoms with van der Waals surface area (Å²) in [5.74, 6) is 1.17. The highest BCUT2D eigenvalue weighted by molar-refractivity contribution is 5.92. The molecular formula is C43H54ClN9O7. The van der Waals surface area contributed by atoms with E-state index >= 15 is 0 Å². The molecule has 5 aromatic rings. The van der Waals surface area contributed by atoms with Gasteiger partial charge in [0.1, 0.15) is 23.9 Å². The highest BCUT2D eigenvalue weighted by atomic mass is 35.5. The molecule has 0 unspecified atom stereocenters. The molecule has 16 nitrogen and oxygen atoms in total. The number of carbonyl (C=O) groups excluding carboxylic acids is 4. The number of nitrogens with one attached hydrogen (secondary N) is 5. The molecule has 60 heavy (non-hydrogen) atoms. The van der Waals surface area contributed by atoms with E-state index in [1.165, 1.54) is 21.3 Å². The van der Waals surface area contributed by atoms with Gasteiger partial charge in [-0.15, -0.1) is 12.4 Å². The molecule has 320 valence electrons. The number of hydrogen-bond donors (Lipinski definition) is 5. The lowest BCUT2D eigenvalue weighted by Crippen LogP contribution is -2.55. The minimum absolute atomic E-state index is 0. The van der Waals surface area contributed by atoms with Crippen LogP contribution in [-0.2, 0) is 19.0 Å². The molecule has 17 heteroatoms. The van der Waals surface area contributed by atoms with Gasteiger partial charge in [0, 0.05) is 25.8 Å². The molecule has 7 rings (SSSR count). The van der Waals surface area contributed by atoms with Crippen LogP contribution in [0.4, 0.5) is 14.4 Å². The Kier molecular flexibility index (Phi) is 13.9. The van der Waals surface area contributed by atoms with Crippen LogP contribution in [0.1, 0.15) is 76.6 Å². The Morgan fingerprint density at radius 3 is 2.08 bits per heavy atom. The molecule has 0 bridgehead atoms. The van der Waals surface area contributed by atoms with E-state index in [0.717, 1.165) is 82.1 Å². The van der Waals surface area contributed by atoms with Crippen molar-refractivity contribution in [1.82, 2.24) is 45.7 Å². The lowest BCUT2D eigenvalue weighted by Gasteiger charge is -2.30. The maximum Gasteiger partial charge on any atom is 0.408 e. The quantitative estimate of drug-likeness (QED) is 0.0808. The fourth-order valence-corrected chi connectivity index (χ4v) is 8.06. The first-order valence-corrected chi connectivity index (χ1v) is 20.2. The van der Waals surface area contributed by atoms with Crippen LogP contribution in [0, 0.1) is 5.92 Å². The van der Waals surface area contributed by atoms with Crippen molar-refractivity contribution in [2.45, 2.75) is 83.3 Å². The fourth-order valence-electron chi connectivity index (χ4n) is 8.06. The average molecular weight is 844 g/mol. The van der Waals surface area contributed by atoms with Gasteiger partial charge in [-0.1, -0.05) is 44.2 Å². The molecule has 2 aliphatic rings. The van der Waals surface area contributed by atoms with Crippen LogP contribution in [0.25, 0.3) is 44.2 Å². The minimum Gasteiger partial charge on any atom is -0.453 e. The highest BCUT2D eigenvalue weighted by Crippen LogP contribution is 2.35. The zero-order valence-electron chi connectivity index (χ0n) is 34.7. The van der Waals surface area contributed by atoms with Crippen LogP contribution in [-0.4, -0.2) is 107 Å². The van der Waals surface area contributed by atoms with E-state index in [9.17, 15) is 19.2 Å². The number of carbonyl (C=O) groups is 4. The molecule has 0 spiro atoms. The molecule has 0 radical (unpaired) electrons. The highest BCUT2D eigenvalue weighted by Gasteiger charge is 2.39. The molecule has 5 N–H and O–H groups in total. The lowest BCUT2D eigenvalue weighted by molar-refractivity contribution is -0.137. The number of alkyl carbamates (subject to hydrolysis) is 2. The van der Waals surface area contributed by atoms with E-state index in [1.807, 2.05) is 19.9 Å². The first-order chi connectivity index (χ1) is 28.5. The number of aromatic nitrogens is 4. The summed E-state index contributed by atoms with van der Waals surface area (Å²) in [5, 5.41) is 10.5. The summed E-state index contributed by atoms with van der Waals surface area (Å²) in [6.07, 6.45) is 3.30. The number of likely N-dealkylation sites (tertiary alicyclic amines) is 2. The van der Waals surface area contributed by atoms with E-state index in [1.54, 1.807) is 22.9 Å². The van der Waals surface area contributed by atoms with E-state index in [0.29, 0.717) is 18.9 Å². The Labute approximate surface area is 354 Å². The Morgan fingerprint density at radius 1 is 0.783 bits per heavy atom. The number of amides is 5. The Hall–Kier alpha value is -5.87. The second kappa shape index (κ2) is 19.0. The zero-order valence-corrected chi connectivity index (χ0v) is 35.6. The van der Waals surface area contributed by atoms with Crippen LogP contribution in [0.5, 0.6) is 0 Å². The van der Waals surface area contributed by atoms with E-state index in [-0.39, 0.29) is 42.3 Å². The predicted molar refractivity (Wildman–Crippen MR) is 229 cm³/mol. The maximum atomic E-state index is 13.7. The van der Waals surface area contributed by atoms with Crippen molar-refractivity contribution in [2.24, 2.45) is 5.92 Å². The molecule has 2 aromatic heterocycles. The van der Waals surface area contributed by atoms with Crippen LogP contribution >= 0.6 is 12.4 Å². The van der Waals surface area contributed by atoms with E-state index in [2.05, 4.69) is 74.4 Å². The Balaban J connectivity index is 0.00000604. The van der Waals surface area contributed by atoms with Crippen molar-refractivity contribution < 1.29 is 33.4 Å². The number of halogens is 1. The third-order valence-electron chi connectivity index (χ3n) is 11.8. The van der Waals surface area contributed by atoms with Crippen molar-refractivity contribution in [3.63, 3.8) is 0 Å². The van der Waals surface area contributed by atoms with Gasteiger partial charge in [0.15, 0.2) is 0 Å². The molecule has 5 amide bonds. The Morgan fingerprint density at radius 2 is 1.40 bits per heavy atom. The van der Waals surface area contributed by atoms with Crippen molar-refractivity contribution in [2.75, 3.05) is 34.4 Å². The van der Waals surface area contributed by atoms with Crippen LogP contribution in [0.3, 0.4) is 0 Å². The number of urea groups is 1. The van der Waals surface area contributed by atoms with Crippen molar-refractivity contribution in [3.8, 4) is 22.4 Å². The number of rotatable bonds is 12. The molecule has 2 fully saturated rings. The predicted octanol–water partition coefficient (Wildman–Crippen LogP) is 7.19. The largest absolute Gasteiger partial charge is 0.453 e. The second-order valence-corrected chi connectivity index (χ2v) is 15.4. The monoisotopic (exact) mass is 843 g/mol. The number of H-pyrrole nitrogens is 2. The first kappa shape index (κ1) is 43.7. The van der Waals surface area contributed by atoms with Crippen LogP contribution in [0.2, 0.25) is 0 Å². The third kappa shape index (κ3) is 9.14. The molecule has 2 saturated heterocycles. The third-order valence-corrected chi connectivity index (χ3v) is 11.8. The van der Waals surface area contributed by atoms with Gasteiger partial charge < -0.3 is 49.9 Å². The topological polar surface area (TPSA) is 196 Å². The summed E-state index contributed by atoms with van der Waals surface area (Å²) < 4.78 is 14.9. The van der Waals surface area contributed by atoms with E-state index < -0.39 is 30.5 Å². The number of hydrogen-bond acceptors (Lipinski definition) is 9. The lowest BCUT2D eigenvalue weighted by atomic mass is 9.99. The SMILES string of the molecule is CC[C@H](C)[C@H](NC(=O)OC)NC(=O)N1CCC[C@H]1c1nc2ccc(-c3ccc4cc(-c5cnc([C@@H]6CCCN6C(=O)[C@@H](NC(=O)OC)[C@@H](C)OC)[nH]5)ccc4c3)cc2[nH]1.Cl. The standard InChI is InChI=1S/C43H53N9O7.ClH/c1-7-24(2)37(50-43(56)59-6)49-41(54)52-19-9-11-35(52)39-45-31-17-16-29(22-32(31)46-39)27-12-13-28-21-30(15-14-26(28)20-27)33-23-44-38(47-33)34-10-8-18-51(34)40(53)36(25(3)57-4)48-42(55)58-5;/h12-17,20-25,34-37H,7-11,18-19H2,1-6H3,(H,44,47)(H,45,46)(H,48,55)(H,49,54)(H,50,56);1H/t24-,25+,34-,35-,36-,37-;/m0./s1. The number of fused-ring (bicyclic) bond motifs is 2. The summed E-state index contributed by atoms with van der Waals surface area (Å²) in [4.78, 5) is 71.3. The Bertz CT molecular complexity index is 2330. The minimum atomic E-state index is -0.900. The molecule has 2 aliphatic heterocycles. The summed E-state index contributed by atoms with van der Waals surface area (Å²) in [5.41, 5.74) is 5.59. The van der Waals surface area contributed by atoms with Crippen LogP contribution < -0.4 is 16.0 Å². The van der Waals surface area contributed by atoms with Gasteiger partial charge >= 0.3 is 18.2 Å². The number of aromatic amines is 2. The van der Waals surface area contributed by atoms with Gasteiger partial charge in [-0.2, -0.15) is 0 Å². The van der Waals surface area contributed by atoms with Crippen molar-refractivity contribution in [3.05, 3.63) is 72.4 Å². The second-order valence-electron chi connectivity index (χ2n) is 15.4. The van der Waals surface area contributed by atoms with Gasteiger partial charge in [-0.25, -0.2) is 24.4 Å². The number of nitrogens with zero attached hydrogens (tertiary/aromatic N) is 4. The van der Waals surface area contributed by atoms with Crippen molar-refractivity contribution in [1.29, 1.82) is 0 Å². The summed E-state index contributed by atoms with van der Waals surface area (Å²) in [6, 6.07) is 17.1. The first-order valence-electron chi connectivity index (χ1n) is 20.2. The molecule has 6 atom stereocenters. The van der Waals surface area contributed by atoms with Crippen LogP contribution in [0.15, 0.2) is 60.8 Å². The molecule has 0 saturated carbocycles. The maximum absolute atomic E-state index is 13.7. The molecule has 0 aliphatic carbocycles. The smallest absolute Gasteiger partial charge is 0.408 e. The normalized spacial score (nSPS) is 18.4. The van der Waals surface area contributed by atoms with Crippen molar-refractivity contribution >= 4 is 58.3 Å².